The van der Waals surface area contributed by atoms with Crippen LogP contribution in [0.2, 0.25) is 0 Å². The molecule has 0 saturated carbocycles. The number of amides is 2. The summed E-state index contributed by atoms with van der Waals surface area (Å²) in [7, 11) is 0. The smallest absolute Gasteiger partial charge is 0.407 e. The Morgan fingerprint density at radius 2 is 1.55 bits per heavy atom. The molecule has 1 aromatic heterocycles. The minimum absolute atomic E-state index is 0.183. The van der Waals surface area contributed by atoms with Crippen molar-refractivity contribution in [3.05, 3.63) is 125 Å². The van der Waals surface area contributed by atoms with Gasteiger partial charge in [0.15, 0.2) is 0 Å². The molecule has 4 aromatic carbocycles. The van der Waals surface area contributed by atoms with Gasteiger partial charge in [0.2, 0.25) is 0 Å². The third-order valence-corrected chi connectivity index (χ3v) is 7.29. The molecule has 0 fully saturated rings. The number of alkyl carbamates (subject to hydrolysis) is 1. The summed E-state index contributed by atoms with van der Waals surface area (Å²) in [6, 6.07) is 32.9. The van der Waals surface area contributed by atoms with Crippen molar-refractivity contribution in [1.82, 2.24) is 15.6 Å². The zero-order chi connectivity index (χ0) is 28.1. The van der Waals surface area contributed by atoms with Crippen molar-refractivity contribution in [2.24, 2.45) is 0 Å². The number of para-hydroxylation sites is 1. The summed E-state index contributed by atoms with van der Waals surface area (Å²) in [5.41, 5.74) is 4.67. The van der Waals surface area contributed by atoms with Gasteiger partial charge in [0.05, 0.1) is 10.2 Å². The second-order valence-corrected chi connectivity index (χ2v) is 11.5. The molecule has 0 radical (unpaired) electrons. The van der Waals surface area contributed by atoms with Crippen LogP contribution in [0.3, 0.4) is 0 Å². The molecule has 0 spiro atoms. The highest BCUT2D eigenvalue weighted by molar-refractivity contribution is 7.18. The van der Waals surface area contributed by atoms with E-state index in [4.69, 9.17) is 9.72 Å². The third kappa shape index (κ3) is 6.74. The Labute approximate surface area is 238 Å². The molecule has 1 heterocycles. The fourth-order valence-corrected chi connectivity index (χ4v) is 5.40. The van der Waals surface area contributed by atoms with Crippen molar-refractivity contribution in [3.8, 4) is 11.1 Å². The van der Waals surface area contributed by atoms with E-state index in [1.165, 1.54) is 0 Å². The monoisotopic (exact) mass is 549 g/mol. The molecule has 0 aliphatic rings. The first-order valence-electron chi connectivity index (χ1n) is 13.1. The van der Waals surface area contributed by atoms with Gasteiger partial charge in [-0.15, -0.1) is 11.3 Å². The number of nitrogens with one attached hydrogen (secondary N) is 2. The second-order valence-electron chi connectivity index (χ2n) is 10.5. The van der Waals surface area contributed by atoms with E-state index in [9.17, 15) is 9.59 Å². The lowest BCUT2D eigenvalue weighted by Crippen LogP contribution is -2.32. The quantitative estimate of drug-likeness (QED) is 0.220. The Kier molecular flexibility index (Phi) is 7.94. The summed E-state index contributed by atoms with van der Waals surface area (Å²) < 4.78 is 6.41. The minimum Gasteiger partial charge on any atom is -0.444 e. The number of rotatable bonds is 7. The summed E-state index contributed by atoms with van der Waals surface area (Å²) in [5.74, 6) is -0.183. The molecule has 0 bridgehead atoms. The van der Waals surface area contributed by atoms with Crippen LogP contribution in [0.5, 0.6) is 0 Å². The standard InChI is InChI=1S/C33H31N3O3S/c1-33(2,3)39-32(38)34-21-22-11-9-14-24(19-22)25-15-10-16-26(20-25)30(37)36-29(23-12-5-4-6-13-23)31-35-27-17-7-8-18-28(27)40-31/h4-20,29H,21H2,1-3H3,(H,34,38)(H,36,37). The molecular weight excluding hydrogens is 518 g/mol. The van der Waals surface area contributed by atoms with E-state index < -0.39 is 11.7 Å². The number of fused-ring (bicyclic) bond motifs is 1. The van der Waals surface area contributed by atoms with Crippen LogP contribution in [0.4, 0.5) is 4.79 Å². The molecule has 2 amide bonds. The predicted molar refractivity (Wildman–Crippen MR) is 160 cm³/mol. The SMILES string of the molecule is CC(C)(C)OC(=O)NCc1cccc(-c2cccc(C(=O)NC(c3ccccc3)c3nc4ccccc4s3)c2)c1. The van der Waals surface area contributed by atoms with Crippen molar-refractivity contribution in [2.75, 3.05) is 0 Å². The van der Waals surface area contributed by atoms with Crippen LogP contribution in [0.25, 0.3) is 21.3 Å². The lowest BCUT2D eigenvalue weighted by Gasteiger charge is -2.19. The van der Waals surface area contributed by atoms with Crippen LogP contribution < -0.4 is 10.6 Å². The van der Waals surface area contributed by atoms with E-state index >= 15 is 0 Å². The maximum Gasteiger partial charge on any atom is 0.407 e. The summed E-state index contributed by atoms with van der Waals surface area (Å²) in [4.78, 5) is 30.5. The average molecular weight is 550 g/mol. The van der Waals surface area contributed by atoms with E-state index in [1.807, 2.05) is 124 Å². The van der Waals surface area contributed by atoms with Crippen LogP contribution in [-0.4, -0.2) is 22.6 Å². The lowest BCUT2D eigenvalue weighted by molar-refractivity contribution is 0.0523. The first-order valence-corrected chi connectivity index (χ1v) is 13.9. The third-order valence-electron chi connectivity index (χ3n) is 6.19. The molecule has 0 aliphatic carbocycles. The molecule has 5 aromatic rings. The van der Waals surface area contributed by atoms with Gasteiger partial charge in [-0.2, -0.15) is 0 Å². The average Bonchev–Trinajstić information content (AvgIpc) is 3.38. The van der Waals surface area contributed by atoms with Crippen molar-refractivity contribution in [1.29, 1.82) is 0 Å². The zero-order valence-corrected chi connectivity index (χ0v) is 23.5. The number of nitrogens with zero attached hydrogens (tertiary/aromatic N) is 1. The van der Waals surface area contributed by atoms with E-state index in [-0.39, 0.29) is 11.9 Å². The molecule has 202 valence electrons. The summed E-state index contributed by atoms with van der Waals surface area (Å²) >= 11 is 1.58. The van der Waals surface area contributed by atoms with E-state index in [0.717, 1.165) is 37.5 Å². The molecule has 2 N–H and O–H groups in total. The van der Waals surface area contributed by atoms with Gasteiger partial charge in [-0.1, -0.05) is 72.8 Å². The molecule has 5 rings (SSSR count). The van der Waals surface area contributed by atoms with Gasteiger partial charge in [-0.05, 0) is 73.4 Å². The summed E-state index contributed by atoms with van der Waals surface area (Å²) in [6.07, 6.45) is -0.460. The highest BCUT2D eigenvalue weighted by Gasteiger charge is 2.22. The molecule has 0 aliphatic heterocycles. The lowest BCUT2D eigenvalue weighted by atomic mass is 10.0. The number of hydrogen-bond donors (Lipinski definition) is 2. The molecule has 6 nitrogen and oxygen atoms in total. The van der Waals surface area contributed by atoms with Gasteiger partial charge in [0.1, 0.15) is 16.7 Å². The number of thiazole rings is 1. The molecular formula is C33H31N3O3S. The van der Waals surface area contributed by atoms with Crippen molar-refractivity contribution < 1.29 is 14.3 Å². The Hall–Kier alpha value is -4.49. The maximum atomic E-state index is 13.6. The zero-order valence-electron chi connectivity index (χ0n) is 22.7. The fraction of sp³-hybridized carbons (Fsp3) is 0.182. The topological polar surface area (TPSA) is 80.3 Å². The highest BCUT2D eigenvalue weighted by Crippen LogP contribution is 2.31. The largest absolute Gasteiger partial charge is 0.444 e. The van der Waals surface area contributed by atoms with E-state index in [0.29, 0.717) is 12.1 Å². The summed E-state index contributed by atoms with van der Waals surface area (Å²) in [5, 5.41) is 6.85. The second kappa shape index (κ2) is 11.7. The summed E-state index contributed by atoms with van der Waals surface area (Å²) in [6.45, 7) is 5.83. The molecule has 40 heavy (non-hydrogen) atoms. The van der Waals surface area contributed by atoms with Gasteiger partial charge in [0, 0.05) is 12.1 Å². The van der Waals surface area contributed by atoms with Crippen LogP contribution in [-0.2, 0) is 11.3 Å². The van der Waals surface area contributed by atoms with Gasteiger partial charge in [0.25, 0.3) is 5.91 Å². The Bertz CT molecular complexity index is 1610. The van der Waals surface area contributed by atoms with Crippen LogP contribution >= 0.6 is 11.3 Å². The molecule has 0 saturated heterocycles. The van der Waals surface area contributed by atoms with Gasteiger partial charge in [-0.3, -0.25) is 4.79 Å². The molecule has 1 atom stereocenters. The van der Waals surface area contributed by atoms with Crippen LogP contribution in [0, 0.1) is 0 Å². The Morgan fingerprint density at radius 1 is 0.850 bits per heavy atom. The van der Waals surface area contributed by atoms with Crippen molar-refractivity contribution in [2.45, 2.75) is 39.0 Å². The number of hydrogen-bond acceptors (Lipinski definition) is 5. The first kappa shape index (κ1) is 27.1. The van der Waals surface area contributed by atoms with Crippen LogP contribution in [0.1, 0.15) is 53.3 Å². The first-order chi connectivity index (χ1) is 19.2. The number of aromatic nitrogens is 1. The minimum atomic E-state index is -0.556. The highest BCUT2D eigenvalue weighted by atomic mass is 32.1. The van der Waals surface area contributed by atoms with Crippen molar-refractivity contribution in [3.63, 3.8) is 0 Å². The van der Waals surface area contributed by atoms with Crippen molar-refractivity contribution >= 4 is 33.6 Å². The van der Waals surface area contributed by atoms with E-state index in [2.05, 4.69) is 10.6 Å². The van der Waals surface area contributed by atoms with Crippen LogP contribution in [0.15, 0.2) is 103 Å². The van der Waals surface area contributed by atoms with Gasteiger partial charge >= 0.3 is 6.09 Å². The predicted octanol–water partition coefficient (Wildman–Crippen LogP) is 7.51. The van der Waals surface area contributed by atoms with E-state index in [1.54, 1.807) is 11.3 Å². The maximum absolute atomic E-state index is 13.6. The number of benzene rings is 4. The number of carbonyl (C=O) groups excluding carboxylic acids is 2. The number of carbonyl (C=O) groups is 2. The normalized spacial score (nSPS) is 12.1. The number of ether oxygens (including phenoxy) is 1. The fourth-order valence-electron chi connectivity index (χ4n) is 4.35. The molecule has 1 unspecified atom stereocenters. The Morgan fingerprint density at radius 3 is 2.30 bits per heavy atom. The Balaban J connectivity index is 1.36. The van der Waals surface area contributed by atoms with Gasteiger partial charge < -0.3 is 15.4 Å². The van der Waals surface area contributed by atoms with Gasteiger partial charge in [-0.25, -0.2) is 9.78 Å². The molecule has 7 heteroatoms.